The zero-order chi connectivity index (χ0) is 79.5. The number of nitrogens with zero attached hydrogens (tertiary/aromatic N) is 13. The van der Waals surface area contributed by atoms with Crippen LogP contribution in [0, 0.1) is 0 Å². The number of rotatable bonds is 32. The van der Waals surface area contributed by atoms with Crippen LogP contribution in [0.2, 0.25) is 15.1 Å². The molecule has 12 rings (SSSR count). The molecule has 28 heteroatoms. The molecule has 6 N–H and O–H groups in total. The van der Waals surface area contributed by atoms with Crippen molar-refractivity contribution in [2.24, 2.45) is 0 Å². The molecular weight excluding hydrogens is 1480 g/mol. The van der Waals surface area contributed by atoms with E-state index in [4.69, 9.17) is 49.0 Å². The third kappa shape index (κ3) is 25.4. The van der Waals surface area contributed by atoms with E-state index >= 15 is 0 Å². The maximum Gasteiger partial charge on any atom is 0.229 e. The van der Waals surface area contributed by atoms with Gasteiger partial charge in [0.25, 0.3) is 0 Å². The SMILES string of the molecule is C=CC(=O)Cc1cccc(CNc2nc(Nc3ccc(N4CCN(C)CC4)cc3OC)ncc2Cl)c1.CCC(=O)Cc1cccc(CNc2nc(Nc3ccc(N4CCN(C)CC4)cc3OC)ncc2Cl)c1.COc1cc(N2CCN(C)CC2)ccc1Nc1ncc(Cl)c(NCc2cccc(CC(=O)/C=C/CN(C)C)c2)n1. The molecule has 25 nitrogen and oxygen atoms in total. The van der Waals surface area contributed by atoms with Crippen molar-refractivity contribution in [3.05, 3.63) is 219 Å². The quantitative estimate of drug-likeness (QED) is 0.0214. The number of allylic oxidation sites excluding steroid dienone is 2. The largest absolute Gasteiger partial charge is 0.494 e. The second kappa shape index (κ2) is 42.1. The Balaban J connectivity index is 0.000000179. The van der Waals surface area contributed by atoms with Crippen LogP contribution >= 0.6 is 34.8 Å². The van der Waals surface area contributed by atoms with E-state index in [-0.39, 0.29) is 17.3 Å². The Bertz CT molecular complexity index is 4660. The molecule has 0 amide bonds. The Morgan fingerprint density at radius 1 is 0.455 bits per heavy atom. The van der Waals surface area contributed by atoms with Gasteiger partial charge in [0, 0.05) is 166 Å². The highest BCUT2D eigenvalue weighted by Crippen LogP contribution is 2.37. The molecule has 3 saturated heterocycles. The number of carbonyl (C=O) groups is 3. The van der Waals surface area contributed by atoms with Crippen LogP contribution in [0.1, 0.15) is 46.7 Å². The number of ketones is 3. The van der Waals surface area contributed by atoms with Gasteiger partial charge < -0.3 is 80.4 Å². The summed E-state index contributed by atoms with van der Waals surface area (Å²) in [6.07, 6.45) is 11.2. The predicted molar refractivity (Wildman–Crippen MR) is 455 cm³/mol. The first-order valence-corrected chi connectivity index (χ1v) is 38.5. The average molecular weight is 1580 g/mol. The molecule has 0 aliphatic carbocycles. The zero-order valence-corrected chi connectivity index (χ0v) is 67.6. The number of halogens is 3. The summed E-state index contributed by atoms with van der Waals surface area (Å²) < 4.78 is 17.0. The molecule has 6 aromatic carbocycles. The van der Waals surface area contributed by atoms with Crippen molar-refractivity contribution < 1.29 is 28.6 Å². The number of piperazine rings is 3. The van der Waals surface area contributed by atoms with Crippen molar-refractivity contribution in [1.29, 1.82) is 0 Å². The zero-order valence-electron chi connectivity index (χ0n) is 65.3. The molecule has 590 valence electrons. The molecule has 6 heterocycles. The van der Waals surface area contributed by atoms with Crippen LogP contribution in [-0.2, 0) is 53.3 Å². The lowest BCUT2D eigenvalue weighted by molar-refractivity contribution is -0.118. The van der Waals surface area contributed by atoms with Crippen LogP contribution in [0.15, 0.2) is 171 Å². The van der Waals surface area contributed by atoms with Crippen LogP contribution in [0.25, 0.3) is 0 Å². The van der Waals surface area contributed by atoms with E-state index in [0.717, 1.165) is 158 Å². The monoisotopic (exact) mass is 1580 g/mol. The van der Waals surface area contributed by atoms with Gasteiger partial charge in [-0.15, -0.1) is 0 Å². The second-order valence-electron chi connectivity index (χ2n) is 27.8. The normalized spacial score (nSPS) is 14.0. The van der Waals surface area contributed by atoms with Crippen molar-refractivity contribution in [2.45, 2.75) is 52.2 Å². The molecule has 0 bridgehead atoms. The number of ether oxygens (including phenoxy) is 3. The standard InChI is InChI=1S/C30H38ClN7O2.C27H33ClN6O2.C27H31ClN6O2/c1-36(2)12-6-9-25(39)18-22-7-5-8-23(17-22)20-32-29-26(31)21-33-30(35-29)34-27-11-10-24(19-28(27)40-4)38-15-13-37(3)14-16-38;2*1-4-22(35)15-19-6-5-7-20(14-19)17-29-26-23(28)18-30-27(32-26)31-24-9-8-21(16-25(24)36-3)34-12-10-33(2)11-13-34/h5-11,17,19,21H,12-16,18,20H2,1-4H3,(H2,32,33,34,35);5-9,14,16,18H,4,10-13,15,17H2,1-3H3,(H2,29,30,31,32);4-9,14,16,18H,1,10-13,15,17H2,2-3H3,(H2,29,30,31,32)/b9-6+;;. The Kier molecular flexibility index (Phi) is 31.5. The number of hydrogen-bond acceptors (Lipinski definition) is 25. The third-order valence-electron chi connectivity index (χ3n) is 19.0. The number of benzene rings is 6. The van der Waals surface area contributed by atoms with E-state index in [9.17, 15) is 14.4 Å². The molecule has 112 heavy (non-hydrogen) atoms. The number of likely N-dealkylation sites (N-methyl/N-ethyl adjacent to an activating group) is 4. The molecule has 0 unspecified atom stereocenters. The number of aromatic nitrogens is 6. The number of anilines is 12. The van der Waals surface area contributed by atoms with Gasteiger partial charge in [-0.25, -0.2) is 15.0 Å². The van der Waals surface area contributed by atoms with Crippen molar-refractivity contribution in [1.82, 2.24) is 49.5 Å². The van der Waals surface area contributed by atoms with E-state index in [0.29, 0.717) is 107 Å². The predicted octanol–water partition coefficient (Wildman–Crippen LogP) is 13.8. The van der Waals surface area contributed by atoms with Gasteiger partial charge in [0.15, 0.2) is 29.0 Å². The van der Waals surface area contributed by atoms with E-state index in [1.54, 1.807) is 46.0 Å². The van der Waals surface area contributed by atoms with Crippen molar-refractivity contribution in [3.63, 3.8) is 0 Å². The average Bonchev–Trinajstić information content (AvgIpc) is 0.817. The summed E-state index contributed by atoms with van der Waals surface area (Å²) >= 11 is 19.1. The maximum absolute atomic E-state index is 12.3. The van der Waals surface area contributed by atoms with Gasteiger partial charge in [0.1, 0.15) is 38.1 Å². The van der Waals surface area contributed by atoms with Crippen molar-refractivity contribution in [3.8, 4) is 17.2 Å². The fourth-order valence-corrected chi connectivity index (χ4v) is 13.0. The molecule has 0 saturated carbocycles. The smallest absolute Gasteiger partial charge is 0.229 e. The van der Waals surface area contributed by atoms with Gasteiger partial charge in [0.05, 0.1) is 57.0 Å². The third-order valence-corrected chi connectivity index (χ3v) is 19.9. The summed E-state index contributed by atoms with van der Waals surface area (Å²) in [6.45, 7) is 19.8. The lowest BCUT2D eigenvalue weighted by Crippen LogP contribution is -2.44. The molecule has 3 aromatic heterocycles. The molecular formula is C84H102Cl3N19O6. The van der Waals surface area contributed by atoms with E-state index in [1.807, 2.05) is 141 Å². The number of nitrogens with one attached hydrogen (secondary N) is 6. The lowest BCUT2D eigenvalue weighted by atomic mass is 10.0. The van der Waals surface area contributed by atoms with Gasteiger partial charge >= 0.3 is 0 Å². The van der Waals surface area contributed by atoms with Gasteiger partial charge in [-0.3, -0.25) is 14.4 Å². The van der Waals surface area contributed by atoms with Gasteiger partial charge in [-0.1, -0.05) is 127 Å². The molecule has 3 aliphatic heterocycles. The second-order valence-corrected chi connectivity index (χ2v) is 29.0. The Hall–Kier alpha value is -10.6. The molecule has 3 fully saturated rings. The van der Waals surface area contributed by atoms with E-state index < -0.39 is 0 Å². The molecule has 0 spiro atoms. The van der Waals surface area contributed by atoms with Crippen LogP contribution in [-0.4, -0.2) is 209 Å². The number of Topliss-reactive ketones (excluding diaryl/α,β-unsaturated/α-hetero) is 1. The number of methoxy groups -OCH3 is 3. The summed E-state index contributed by atoms with van der Waals surface area (Å²) in [7, 11) is 15.3. The van der Waals surface area contributed by atoms with E-state index in [2.05, 4.69) is 137 Å². The first-order chi connectivity index (χ1) is 54.2. The van der Waals surface area contributed by atoms with Crippen LogP contribution < -0.4 is 60.8 Å². The van der Waals surface area contributed by atoms with Crippen molar-refractivity contribution in [2.75, 3.05) is 188 Å². The highest BCUT2D eigenvalue weighted by atomic mass is 35.5. The Morgan fingerprint density at radius 2 is 0.777 bits per heavy atom. The van der Waals surface area contributed by atoms with Gasteiger partial charge in [-0.2, -0.15) is 15.0 Å². The minimum Gasteiger partial charge on any atom is -0.494 e. The topological polar surface area (TPSA) is 251 Å². The summed E-state index contributed by atoms with van der Waals surface area (Å²) in [6, 6.07) is 42.0. The van der Waals surface area contributed by atoms with Crippen LogP contribution in [0.3, 0.4) is 0 Å². The number of carbonyl (C=O) groups excluding carboxylic acids is 3. The van der Waals surface area contributed by atoms with Crippen LogP contribution in [0.5, 0.6) is 17.2 Å². The van der Waals surface area contributed by atoms with E-state index in [1.165, 1.54) is 6.08 Å². The van der Waals surface area contributed by atoms with Gasteiger partial charge in [0.2, 0.25) is 17.8 Å². The summed E-state index contributed by atoms with van der Waals surface area (Å²) in [4.78, 5) is 78.6. The Morgan fingerprint density at radius 3 is 1.09 bits per heavy atom. The lowest BCUT2D eigenvalue weighted by Gasteiger charge is -2.34. The fraction of sp³-hybridized carbons (Fsp3) is 0.345. The number of hydrogen-bond donors (Lipinski definition) is 6. The Labute approximate surface area is 672 Å². The minimum absolute atomic E-state index is 0.0123. The summed E-state index contributed by atoms with van der Waals surface area (Å²) in [5.41, 5.74) is 11.7. The maximum atomic E-state index is 12.3. The minimum atomic E-state index is -0.0123. The molecule has 0 atom stereocenters. The molecule has 9 aromatic rings. The fourth-order valence-electron chi connectivity index (χ4n) is 12.5. The van der Waals surface area contributed by atoms with Gasteiger partial charge in [-0.05, 0) is 117 Å². The first-order valence-electron chi connectivity index (χ1n) is 37.4. The van der Waals surface area contributed by atoms with Crippen molar-refractivity contribution >= 4 is 122 Å². The molecule has 0 radical (unpaired) electrons. The highest BCUT2D eigenvalue weighted by molar-refractivity contribution is 6.33. The first kappa shape index (κ1) is 83.8. The summed E-state index contributed by atoms with van der Waals surface area (Å²) in [5, 5.41) is 20.9. The highest BCUT2D eigenvalue weighted by Gasteiger charge is 2.22. The molecule has 3 aliphatic rings. The summed E-state index contributed by atoms with van der Waals surface area (Å²) in [5.74, 6) is 5.20. The van der Waals surface area contributed by atoms with Crippen LogP contribution in [0.4, 0.5) is 69.4 Å².